The van der Waals surface area contributed by atoms with E-state index in [4.69, 9.17) is 0 Å². The predicted octanol–water partition coefficient (Wildman–Crippen LogP) is 1.64. The summed E-state index contributed by atoms with van der Waals surface area (Å²) in [5.41, 5.74) is 0. The van der Waals surface area contributed by atoms with E-state index in [0.717, 1.165) is 12.2 Å². The van der Waals surface area contributed by atoms with Crippen molar-refractivity contribution in [3.8, 4) is 0 Å². The number of hydrogen-bond donors (Lipinski definition) is 0. The van der Waals surface area contributed by atoms with Gasteiger partial charge in [0.25, 0.3) is 0 Å². The Morgan fingerprint density at radius 2 is 2.17 bits per heavy atom. The van der Waals surface area contributed by atoms with Crippen LogP contribution in [0, 0.1) is 6.67 Å². The van der Waals surface area contributed by atoms with Crippen molar-refractivity contribution in [1.29, 1.82) is 0 Å². The molecule has 0 unspecified atom stereocenters. The number of hydrogen-bond acceptors (Lipinski definition) is 0. The van der Waals surface area contributed by atoms with E-state index in [1.54, 1.807) is 0 Å². The topological polar surface area (TPSA) is 0 Å². The zero-order chi connectivity index (χ0) is 4.83. The van der Waals surface area contributed by atoms with Gasteiger partial charge in [0, 0.05) is 0 Å². The Labute approximate surface area is 35.5 Å². The van der Waals surface area contributed by atoms with Crippen molar-refractivity contribution in [3.63, 3.8) is 0 Å². The zero-order valence-electron chi connectivity index (χ0n) is 3.20. The molecule has 0 atom stereocenters. The molecule has 6 heavy (non-hydrogen) atoms. The Hall–Kier alpha value is -0.400. The quantitative estimate of drug-likeness (QED) is 0.484. The first-order valence-corrected chi connectivity index (χ1v) is 1.56. The van der Waals surface area contributed by atoms with Gasteiger partial charge >= 0.3 is 0 Å². The summed E-state index contributed by atoms with van der Waals surface area (Å²) in [5.74, 6) is 0. The molecule has 2 heteroatoms. The normalized spacial score (nSPS) is 10.3. The molecule has 0 aromatic rings. The summed E-state index contributed by atoms with van der Waals surface area (Å²) in [7, 11) is 0. The fraction of sp³-hybridized carbons (Fsp3) is 0.250. The first-order chi connectivity index (χ1) is 2.91. The third-order valence-electron chi connectivity index (χ3n) is 0.298. The molecule has 0 bridgehead atoms. The van der Waals surface area contributed by atoms with Crippen LogP contribution in [0.2, 0.25) is 0 Å². The van der Waals surface area contributed by atoms with Gasteiger partial charge in [0.05, 0.1) is 0 Å². The van der Waals surface area contributed by atoms with Crippen molar-refractivity contribution in [3.05, 3.63) is 18.8 Å². The molecular weight excluding hydrogens is 86.0 g/mol. The lowest BCUT2D eigenvalue weighted by Crippen LogP contribution is -1.57. The van der Waals surface area contributed by atoms with Crippen LogP contribution in [0.15, 0.2) is 12.2 Å². The largest absolute Gasteiger partial charge is 0.247 e. The second-order valence-corrected chi connectivity index (χ2v) is 0.708. The first-order valence-electron chi connectivity index (χ1n) is 1.56. The second kappa shape index (κ2) is 4.60. The highest BCUT2D eigenvalue weighted by atomic mass is 19.1. The Balaban J connectivity index is 2.73. The Morgan fingerprint density at radius 1 is 1.50 bits per heavy atom. The fourth-order valence-electron chi connectivity index (χ4n) is 0.103. The van der Waals surface area contributed by atoms with Crippen molar-refractivity contribution in [2.45, 2.75) is 0 Å². The van der Waals surface area contributed by atoms with Crippen LogP contribution in [0.5, 0.6) is 0 Å². The summed E-state index contributed by atoms with van der Waals surface area (Å²) in [4.78, 5) is 0. The number of alkyl halides is 1. The molecule has 1 radical (unpaired) electrons. The van der Waals surface area contributed by atoms with Gasteiger partial charge in [-0.05, 0) is 6.08 Å². The van der Waals surface area contributed by atoms with Gasteiger partial charge in [-0.15, -0.1) is 0 Å². The highest BCUT2D eigenvalue weighted by Gasteiger charge is 1.66. The summed E-state index contributed by atoms with van der Waals surface area (Å²) >= 11 is 0. The number of allylic oxidation sites excluding steroid dienone is 2. The van der Waals surface area contributed by atoms with E-state index in [1.165, 1.54) is 0 Å². The molecule has 35 valence electrons. The van der Waals surface area contributed by atoms with Crippen LogP contribution >= 0.6 is 0 Å². The molecule has 0 nitrogen and oxygen atoms in total. The van der Waals surface area contributed by atoms with Gasteiger partial charge in [-0.25, -0.2) is 8.78 Å². The van der Waals surface area contributed by atoms with Gasteiger partial charge < -0.3 is 0 Å². The summed E-state index contributed by atoms with van der Waals surface area (Å²) in [5, 5.41) is 0. The fourth-order valence-corrected chi connectivity index (χ4v) is 0.103. The van der Waals surface area contributed by atoms with Crippen LogP contribution in [0.25, 0.3) is 0 Å². The van der Waals surface area contributed by atoms with Gasteiger partial charge in [-0.1, -0.05) is 6.08 Å². The molecule has 0 aromatic heterocycles. The van der Waals surface area contributed by atoms with Crippen molar-refractivity contribution in [2.24, 2.45) is 0 Å². The van der Waals surface area contributed by atoms with Crippen LogP contribution < -0.4 is 0 Å². The van der Waals surface area contributed by atoms with E-state index in [0.29, 0.717) is 6.67 Å². The molecule has 0 spiro atoms. The molecule has 0 aromatic carbocycles. The molecule has 0 fully saturated rings. The Kier molecular flexibility index (Phi) is 4.29. The van der Waals surface area contributed by atoms with Crippen LogP contribution in [0.4, 0.5) is 8.78 Å². The van der Waals surface area contributed by atoms with Gasteiger partial charge in [0.2, 0.25) is 0 Å². The van der Waals surface area contributed by atoms with Crippen molar-refractivity contribution in [2.75, 3.05) is 6.67 Å². The van der Waals surface area contributed by atoms with Gasteiger partial charge in [0.1, 0.15) is 6.67 Å². The van der Waals surface area contributed by atoms with Crippen molar-refractivity contribution >= 4 is 0 Å². The molecule has 0 amide bonds. The number of halogens is 2. The van der Waals surface area contributed by atoms with Gasteiger partial charge in [-0.3, -0.25) is 0 Å². The average Bonchev–Trinajstić information content (AvgIpc) is 1.61. The minimum Gasteiger partial charge on any atom is -0.247 e. The summed E-state index contributed by atoms with van der Waals surface area (Å²) in [6.07, 6.45) is 2.10. The van der Waals surface area contributed by atoms with Crippen LogP contribution in [0.1, 0.15) is 0 Å². The highest BCUT2D eigenvalue weighted by Crippen LogP contribution is 1.79. The van der Waals surface area contributed by atoms with Crippen molar-refractivity contribution < 1.29 is 8.78 Å². The minimum absolute atomic E-state index is 0.291. The lowest BCUT2D eigenvalue weighted by molar-refractivity contribution is 0.559. The van der Waals surface area contributed by atoms with Crippen LogP contribution in [-0.4, -0.2) is 6.67 Å². The molecule has 0 heterocycles. The van der Waals surface area contributed by atoms with E-state index in [9.17, 15) is 8.78 Å². The minimum atomic E-state index is -0.597. The van der Waals surface area contributed by atoms with E-state index in [2.05, 4.69) is 0 Å². The van der Waals surface area contributed by atoms with E-state index in [-0.39, 0.29) is 0 Å². The SMILES string of the molecule is F[CH]C=CCF. The maximum Gasteiger partial charge on any atom is 0.153 e. The summed E-state index contributed by atoms with van der Waals surface area (Å²) < 4.78 is 21.7. The lowest BCUT2D eigenvalue weighted by Gasteiger charge is -1.67. The average molecular weight is 91.1 g/mol. The molecular formula is C4H5F2. The smallest absolute Gasteiger partial charge is 0.153 e. The highest BCUT2D eigenvalue weighted by molar-refractivity contribution is 4.87. The maximum absolute atomic E-state index is 10.9. The third kappa shape index (κ3) is 3.60. The molecule has 0 aliphatic carbocycles. The standard InChI is InChI=1S/C4H5F2/c5-3-1-2-4-6/h1-3H,4H2. The Morgan fingerprint density at radius 3 is 2.33 bits per heavy atom. The van der Waals surface area contributed by atoms with Gasteiger partial charge in [0.15, 0.2) is 6.67 Å². The van der Waals surface area contributed by atoms with Crippen LogP contribution in [0.3, 0.4) is 0 Å². The Bertz CT molecular complexity index is 34.8. The predicted molar refractivity (Wildman–Crippen MR) is 20.5 cm³/mol. The third-order valence-corrected chi connectivity index (χ3v) is 0.298. The molecule has 0 saturated carbocycles. The lowest BCUT2D eigenvalue weighted by atomic mass is 10.6. The molecule has 0 saturated heterocycles. The van der Waals surface area contributed by atoms with E-state index < -0.39 is 6.67 Å². The maximum atomic E-state index is 10.9. The molecule has 0 aliphatic rings. The molecule has 0 N–H and O–H groups in total. The summed E-state index contributed by atoms with van der Waals surface area (Å²) in [6, 6.07) is 0. The molecule has 0 aliphatic heterocycles. The first kappa shape index (κ1) is 5.60. The monoisotopic (exact) mass is 91.0 g/mol. The van der Waals surface area contributed by atoms with E-state index in [1.807, 2.05) is 0 Å². The summed E-state index contributed by atoms with van der Waals surface area (Å²) in [6.45, 7) is -0.306. The molecule has 0 rings (SSSR count). The second-order valence-electron chi connectivity index (χ2n) is 0.708. The van der Waals surface area contributed by atoms with E-state index >= 15 is 0 Å². The van der Waals surface area contributed by atoms with Gasteiger partial charge in [-0.2, -0.15) is 0 Å². The number of rotatable bonds is 2. The zero-order valence-corrected chi connectivity index (χ0v) is 3.20. The van der Waals surface area contributed by atoms with Crippen LogP contribution in [-0.2, 0) is 0 Å². The van der Waals surface area contributed by atoms with Crippen molar-refractivity contribution in [1.82, 2.24) is 0 Å².